The van der Waals surface area contributed by atoms with Crippen molar-refractivity contribution in [2.75, 3.05) is 25.6 Å². The summed E-state index contributed by atoms with van der Waals surface area (Å²) in [6.45, 7) is 0.624. The van der Waals surface area contributed by atoms with E-state index in [9.17, 15) is 22.8 Å². The normalized spacial score (nSPS) is 13.2. The zero-order chi connectivity index (χ0) is 21.0. The number of ether oxygens (including phenoxy) is 1. The van der Waals surface area contributed by atoms with Crippen LogP contribution in [0, 0.1) is 0 Å². The molecule has 2 aromatic rings. The van der Waals surface area contributed by atoms with Gasteiger partial charge in [-0.3, -0.25) is 9.59 Å². The Hall–Kier alpha value is -2.53. The average molecular weight is 428 g/mol. The van der Waals surface area contributed by atoms with Crippen LogP contribution in [0.1, 0.15) is 27.2 Å². The van der Waals surface area contributed by atoms with Crippen LogP contribution in [0.5, 0.6) is 0 Å². The lowest BCUT2D eigenvalue weighted by Gasteiger charge is -2.12. The lowest BCUT2D eigenvalue weighted by Crippen LogP contribution is -2.31. The molecule has 0 bridgehead atoms. The molecular weight excluding hydrogens is 409 g/mol. The second kappa shape index (κ2) is 8.87. The minimum atomic E-state index is -4.47. The number of aromatic nitrogens is 2. The molecule has 11 heteroatoms. The van der Waals surface area contributed by atoms with Crippen LogP contribution in [0.4, 0.5) is 19.0 Å². The molecule has 0 unspecified atom stereocenters. The Morgan fingerprint density at radius 2 is 1.97 bits per heavy atom. The molecule has 0 saturated heterocycles. The number of carbonyl (C=O) groups excluding carboxylic acids is 2. The predicted molar refractivity (Wildman–Crippen MR) is 102 cm³/mol. The van der Waals surface area contributed by atoms with Gasteiger partial charge in [0.05, 0.1) is 17.9 Å². The molecule has 1 aliphatic rings. The van der Waals surface area contributed by atoms with Crippen LogP contribution in [0.25, 0.3) is 0 Å². The van der Waals surface area contributed by atoms with E-state index in [0.29, 0.717) is 30.5 Å². The van der Waals surface area contributed by atoms with Crippen molar-refractivity contribution < 1.29 is 27.5 Å². The fourth-order valence-corrected chi connectivity index (χ4v) is 3.83. The van der Waals surface area contributed by atoms with Crippen molar-refractivity contribution >= 4 is 29.4 Å². The Bertz CT molecular complexity index is 897. The van der Waals surface area contributed by atoms with Gasteiger partial charge in [-0.2, -0.15) is 30.0 Å². The first-order valence-corrected chi connectivity index (χ1v) is 9.85. The fraction of sp³-hybridized carbons (Fsp3) is 0.389. The maximum Gasteiger partial charge on any atom is 0.416 e. The SMILES string of the molecule is COCCNC(=O)Cn1nc2c(c1NC(=O)c1ccc(C(F)(F)F)cc1)CSC2. The van der Waals surface area contributed by atoms with Crippen molar-refractivity contribution in [1.82, 2.24) is 15.1 Å². The predicted octanol–water partition coefficient (Wildman–Crippen LogP) is 2.66. The number of anilines is 1. The Kier molecular flexibility index (Phi) is 6.48. The van der Waals surface area contributed by atoms with Crippen LogP contribution in [-0.2, 0) is 33.8 Å². The number of hydrogen-bond acceptors (Lipinski definition) is 5. The van der Waals surface area contributed by atoms with Gasteiger partial charge in [-0.1, -0.05) is 0 Å². The molecule has 3 rings (SSSR count). The monoisotopic (exact) mass is 428 g/mol. The number of benzene rings is 1. The van der Waals surface area contributed by atoms with E-state index < -0.39 is 17.6 Å². The van der Waals surface area contributed by atoms with Gasteiger partial charge < -0.3 is 15.4 Å². The Labute approximate surface area is 169 Å². The quantitative estimate of drug-likeness (QED) is 0.663. The number of nitrogens with one attached hydrogen (secondary N) is 2. The summed E-state index contributed by atoms with van der Waals surface area (Å²) in [6, 6.07) is 3.95. The van der Waals surface area contributed by atoms with Crippen LogP contribution in [0.3, 0.4) is 0 Å². The Balaban J connectivity index is 1.76. The van der Waals surface area contributed by atoms with Gasteiger partial charge >= 0.3 is 6.18 Å². The first-order chi connectivity index (χ1) is 13.8. The van der Waals surface area contributed by atoms with E-state index in [4.69, 9.17) is 4.74 Å². The van der Waals surface area contributed by atoms with E-state index in [2.05, 4.69) is 15.7 Å². The number of alkyl halides is 3. The van der Waals surface area contributed by atoms with Gasteiger partial charge in [-0.15, -0.1) is 0 Å². The van der Waals surface area contributed by atoms with E-state index in [1.165, 1.54) is 11.8 Å². The Morgan fingerprint density at radius 1 is 1.24 bits per heavy atom. The minimum absolute atomic E-state index is 0.0784. The van der Waals surface area contributed by atoms with E-state index in [1.54, 1.807) is 11.8 Å². The fourth-order valence-electron chi connectivity index (χ4n) is 2.80. The zero-order valence-corrected chi connectivity index (χ0v) is 16.3. The summed E-state index contributed by atoms with van der Waals surface area (Å²) >= 11 is 1.63. The second-order valence-electron chi connectivity index (χ2n) is 6.30. The molecule has 0 radical (unpaired) electrons. The average Bonchev–Trinajstić information content (AvgIpc) is 3.24. The maximum absolute atomic E-state index is 12.7. The molecule has 0 spiro atoms. The van der Waals surface area contributed by atoms with Crippen molar-refractivity contribution in [2.45, 2.75) is 24.2 Å². The summed E-state index contributed by atoms with van der Waals surface area (Å²) < 4.78 is 44.4. The Morgan fingerprint density at radius 3 is 2.62 bits per heavy atom. The molecule has 156 valence electrons. The lowest BCUT2D eigenvalue weighted by atomic mass is 10.1. The van der Waals surface area contributed by atoms with Crippen LogP contribution in [0.2, 0.25) is 0 Å². The summed E-state index contributed by atoms with van der Waals surface area (Å²) in [4.78, 5) is 24.7. The summed E-state index contributed by atoms with van der Waals surface area (Å²) in [5, 5.41) is 9.77. The third kappa shape index (κ3) is 5.10. The highest BCUT2D eigenvalue weighted by atomic mass is 32.2. The molecule has 1 aromatic heterocycles. The number of thioether (sulfide) groups is 1. The summed E-state index contributed by atoms with van der Waals surface area (Å²) in [5.74, 6) is 0.817. The molecule has 0 atom stereocenters. The number of nitrogens with zero attached hydrogens (tertiary/aromatic N) is 2. The van der Waals surface area contributed by atoms with Gasteiger partial charge in [0, 0.05) is 36.3 Å². The van der Waals surface area contributed by atoms with Gasteiger partial charge in [-0.25, -0.2) is 4.68 Å². The minimum Gasteiger partial charge on any atom is -0.383 e. The molecule has 7 nitrogen and oxygen atoms in total. The van der Waals surface area contributed by atoms with E-state index in [1.807, 2.05) is 0 Å². The molecule has 0 aliphatic carbocycles. The third-order valence-electron chi connectivity index (χ3n) is 4.25. The van der Waals surface area contributed by atoms with Crippen molar-refractivity contribution in [1.29, 1.82) is 0 Å². The molecule has 1 aromatic carbocycles. The van der Waals surface area contributed by atoms with Gasteiger partial charge in [0.15, 0.2) is 0 Å². The largest absolute Gasteiger partial charge is 0.416 e. The van der Waals surface area contributed by atoms with E-state index in [-0.39, 0.29) is 18.0 Å². The zero-order valence-electron chi connectivity index (χ0n) is 15.5. The molecule has 2 heterocycles. The summed E-state index contributed by atoms with van der Waals surface area (Å²) in [5.41, 5.74) is 0.848. The smallest absolute Gasteiger partial charge is 0.383 e. The van der Waals surface area contributed by atoms with Crippen molar-refractivity contribution in [3.05, 3.63) is 46.6 Å². The maximum atomic E-state index is 12.7. The van der Waals surface area contributed by atoms with Gasteiger partial charge in [0.2, 0.25) is 5.91 Å². The molecule has 2 amide bonds. The third-order valence-corrected chi connectivity index (χ3v) is 5.22. The molecule has 1 aliphatic heterocycles. The number of halogens is 3. The number of hydrogen-bond donors (Lipinski definition) is 2. The molecule has 0 fully saturated rings. The van der Waals surface area contributed by atoms with E-state index in [0.717, 1.165) is 35.5 Å². The number of methoxy groups -OCH3 is 1. The van der Waals surface area contributed by atoms with Gasteiger partial charge in [-0.05, 0) is 24.3 Å². The van der Waals surface area contributed by atoms with Crippen molar-refractivity contribution in [3.63, 3.8) is 0 Å². The second-order valence-corrected chi connectivity index (χ2v) is 7.28. The van der Waals surface area contributed by atoms with Crippen LogP contribution >= 0.6 is 11.8 Å². The summed E-state index contributed by atoms with van der Waals surface area (Å²) in [7, 11) is 1.52. The standard InChI is InChI=1S/C18H19F3N4O3S/c1-28-7-6-22-15(26)8-25-16(13-9-29-10-14(13)24-25)23-17(27)11-2-4-12(5-3-11)18(19,20)21/h2-5H,6-10H2,1H3,(H,22,26)(H,23,27). The number of carbonyl (C=O) groups is 2. The molecule has 0 saturated carbocycles. The highest BCUT2D eigenvalue weighted by molar-refractivity contribution is 7.98. The highest BCUT2D eigenvalue weighted by Gasteiger charge is 2.30. The highest BCUT2D eigenvalue weighted by Crippen LogP contribution is 2.35. The van der Waals surface area contributed by atoms with Crippen LogP contribution in [-0.4, -0.2) is 41.9 Å². The topological polar surface area (TPSA) is 85.2 Å². The molecular formula is C18H19F3N4O3S. The van der Waals surface area contributed by atoms with Crippen LogP contribution in [0.15, 0.2) is 24.3 Å². The summed E-state index contributed by atoms with van der Waals surface area (Å²) in [6.07, 6.45) is -4.47. The van der Waals surface area contributed by atoms with Crippen LogP contribution < -0.4 is 10.6 Å². The van der Waals surface area contributed by atoms with Crippen molar-refractivity contribution in [2.24, 2.45) is 0 Å². The van der Waals surface area contributed by atoms with E-state index >= 15 is 0 Å². The number of fused-ring (bicyclic) bond motifs is 1. The molecule has 2 N–H and O–H groups in total. The first kappa shape index (κ1) is 21.2. The van der Waals surface area contributed by atoms with Gasteiger partial charge in [0.25, 0.3) is 5.91 Å². The number of rotatable bonds is 7. The number of amides is 2. The van der Waals surface area contributed by atoms with Gasteiger partial charge in [0.1, 0.15) is 12.4 Å². The lowest BCUT2D eigenvalue weighted by molar-refractivity contribution is -0.137. The first-order valence-electron chi connectivity index (χ1n) is 8.70. The van der Waals surface area contributed by atoms with Crippen molar-refractivity contribution in [3.8, 4) is 0 Å². The molecule has 29 heavy (non-hydrogen) atoms.